The number of nitrogens with zero attached hydrogens (tertiary/aromatic N) is 2. The maximum atomic E-state index is 13.6. The Hall–Kier alpha value is -3.81. The third-order valence-corrected chi connectivity index (χ3v) is 6.52. The Kier molecular flexibility index (Phi) is 3.68. The number of fused-ring (bicyclic) bond motifs is 6. The number of hydrogen-bond donors (Lipinski definition) is 0. The number of rotatable bonds is 2. The lowest BCUT2D eigenvalue weighted by molar-refractivity contribution is -0.148. The lowest BCUT2D eigenvalue weighted by Gasteiger charge is -2.34. The standard InChI is InChI=1S/C23H18N2O6/c1-29-23(28)20-18-17(19-14-5-3-2-4-12(14)8-9-24(19)20)21(26)25(22(18)27)13-6-7-15-16(10-13)31-11-30-15/h2-10,17-20H,11H2,1H3/t17-,18+,19-,20-/m0/s1. The lowest BCUT2D eigenvalue weighted by atomic mass is 9.84. The monoisotopic (exact) mass is 418 g/mol. The summed E-state index contributed by atoms with van der Waals surface area (Å²) in [6.45, 7) is 0.0937. The molecule has 4 aliphatic rings. The van der Waals surface area contributed by atoms with Crippen molar-refractivity contribution in [1.29, 1.82) is 0 Å². The first kappa shape index (κ1) is 18.0. The number of benzene rings is 2. The van der Waals surface area contributed by atoms with E-state index in [1.165, 1.54) is 12.0 Å². The van der Waals surface area contributed by atoms with Crippen LogP contribution in [0.1, 0.15) is 17.2 Å². The maximum absolute atomic E-state index is 13.6. The second-order valence-electron chi connectivity index (χ2n) is 7.91. The summed E-state index contributed by atoms with van der Waals surface area (Å²) in [7, 11) is 1.29. The number of methoxy groups -OCH3 is 1. The summed E-state index contributed by atoms with van der Waals surface area (Å²) in [6.07, 6.45) is 3.69. The van der Waals surface area contributed by atoms with Crippen LogP contribution in [0.15, 0.2) is 48.7 Å². The third kappa shape index (κ3) is 2.32. The molecule has 2 aromatic rings. The first-order valence-corrected chi connectivity index (χ1v) is 10.00. The van der Waals surface area contributed by atoms with Gasteiger partial charge in [-0.25, -0.2) is 9.69 Å². The fourth-order valence-electron chi connectivity index (χ4n) is 5.23. The zero-order chi connectivity index (χ0) is 21.3. The molecule has 0 bridgehead atoms. The Morgan fingerprint density at radius 1 is 1.03 bits per heavy atom. The molecule has 6 rings (SSSR count). The number of imide groups is 1. The average Bonchev–Trinajstić information content (AvgIpc) is 3.46. The minimum absolute atomic E-state index is 0.0937. The fraction of sp³-hybridized carbons (Fsp3) is 0.261. The Labute approximate surface area is 177 Å². The Morgan fingerprint density at radius 2 is 1.81 bits per heavy atom. The molecule has 0 unspecified atom stereocenters. The van der Waals surface area contributed by atoms with Gasteiger partial charge in [0.1, 0.15) is 6.04 Å². The van der Waals surface area contributed by atoms with Gasteiger partial charge in [0.2, 0.25) is 18.6 Å². The molecule has 0 N–H and O–H groups in total. The first-order valence-electron chi connectivity index (χ1n) is 10.00. The van der Waals surface area contributed by atoms with Crippen LogP contribution in [0, 0.1) is 11.8 Å². The summed E-state index contributed by atoms with van der Waals surface area (Å²) in [4.78, 5) is 42.9. The molecule has 156 valence electrons. The van der Waals surface area contributed by atoms with E-state index in [-0.39, 0.29) is 12.7 Å². The van der Waals surface area contributed by atoms with Crippen molar-refractivity contribution in [3.8, 4) is 11.5 Å². The molecule has 0 aromatic heterocycles. The number of carbonyl (C=O) groups is 3. The molecule has 2 aromatic carbocycles. The first-order chi connectivity index (χ1) is 15.1. The molecule has 4 atom stereocenters. The highest BCUT2D eigenvalue weighted by molar-refractivity contribution is 6.24. The van der Waals surface area contributed by atoms with Gasteiger partial charge in [0.15, 0.2) is 11.5 Å². The molecule has 0 aliphatic carbocycles. The largest absolute Gasteiger partial charge is 0.467 e. The zero-order valence-electron chi connectivity index (χ0n) is 16.6. The van der Waals surface area contributed by atoms with E-state index in [1.807, 2.05) is 30.3 Å². The van der Waals surface area contributed by atoms with E-state index < -0.39 is 35.8 Å². The lowest BCUT2D eigenvalue weighted by Crippen LogP contribution is -2.44. The van der Waals surface area contributed by atoms with E-state index in [4.69, 9.17) is 14.2 Å². The molecular formula is C23H18N2O6. The highest BCUT2D eigenvalue weighted by atomic mass is 16.7. The van der Waals surface area contributed by atoms with E-state index in [1.54, 1.807) is 29.3 Å². The number of amides is 2. The van der Waals surface area contributed by atoms with Crippen LogP contribution < -0.4 is 14.4 Å². The number of ether oxygens (including phenoxy) is 3. The number of anilines is 1. The maximum Gasteiger partial charge on any atom is 0.329 e. The van der Waals surface area contributed by atoms with E-state index in [0.717, 1.165) is 11.1 Å². The van der Waals surface area contributed by atoms with Crippen LogP contribution in [0.4, 0.5) is 5.69 Å². The molecule has 0 spiro atoms. The van der Waals surface area contributed by atoms with E-state index in [2.05, 4.69) is 0 Å². The van der Waals surface area contributed by atoms with Crippen LogP contribution in [0.3, 0.4) is 0 Å². The van der Waals surface area contributed by atoms with Crippen LogP contribution in [-0.4, -0.2) is 42.6 Å². The Bertz CT molecular complexity index is 1170. The van der Waals surface area contributed by atoms with Gasteiger partial charge in [-0.2, -0.15) is 0 Å². The van der Waals surface area contributed by atoms with Crippen molar-refractivity contribution in [2.75, 3.05) is 18.8 Å². The van der Waals surface area contributed by atoms with Gasteiger partial charge < -0.3 is 19.1 Å². The molecule has 0 saturated carbocycles. The topological polar surface area (TPSA) is 85.4 Å². The SMILES string of the molecule is COC(=O)[C@@H]1[C@@H]2C(=O)N(c3ccc4c(c3)OCO4)C(=O)[C@@H]2[C@@H]2c3ccccc3C=CN12. The predicted octanol–water partition coefficient (Wildman–Crippen LogP) is 2.10. The molecule has 31 heavy (non-hydrogen) atoms. The van der Waals surface area contributed by atoms with Gasteiger partial charge in [-0.1, -0.05) is 24.3 Å². The van der Waals surface area contributed by atoms with Crippen molar-refractivity contribution < 1.29 is 28.6 Å². The summed E-state index contributed by atoms with van der Waals surface area (Å²) in [5.41, 5.74) is 2.29. The molecule has 8 nitrogen and oxygen atoms in total. The predicted molar refractivity (Wildman–Crippen MR) is 108 cm³/mol. The van der Waals surface area contributed by atoms with Crippen LogP contribution in [0.5, 0.6) is 11.5 Å². The second kappa shape index (κ2) is 6.34. The molecule has 2 saturated heterocycles. The molecule has 0 radical (unpaired) electrons. The molecule has 2 fully saturated rings. The minimum Gasteiger partial charge on any atom is -0.467 e. The summed E-state index contributed by atoms with van der Waals surface area (Å²) in [6, 6.07) is 11.4. The average molecular weight is 418 g/mol. The normalized spacial score (nSPS) is 27.3. The summed E-state index contributed by atoms with van der Waals surface area (Å²) >= 11 is 0. The highest BCUT2D eigenvalue weighted by Crippen LogP contribution is 2.53. The van der Waals surface area contributed by atoms with Crippen LogP contribution in [-0.2, 0) is 19.1 Å². The zero-order valence-corrected chi connectivity index (χ0v) is 16.6. The molecule has 4 aliphatic heterocycles. The van der Waals surface area contributed by atoms with E-state index >= 15 is 0 Å². The fourth-order valence-corrected chi connectivity index (χ4v) is 5.23. The number of hydrogen-bond acceptors (Lipinski definition) is 7. The van der Waals surface area contributed by atoms with Crippen LogP contribution >= 0.6 is 0 Å². The molecular weight excluding hydrogens is 400 g/mol. The number of esters is 1. The van der Waals surface area contributed by atoms with Crippen molar-refractivity contribution >= 4 is 29.5 Å². The van der Waals surface area contributed by atoms with Gasteiger partial charge in [0, 0.05) is 12.3 Å². The van der Waals surface area contributed by atoms with Gasteiger partial charge in [-0.15, -0.1) is 0 Å². The van der Waals surface area contributed by atoms with Gasteiger partial charge in [0.05, 0.1) is 30.7 Å². The van der Waals surface area contributed by atoms with E-state index in [9.17, 15) is 14.4 Å². The number of carbonyl (C=O) groups excluding carboxylic acids is 3. The van der Waals surface area contributed by atoms with Gasteiger partial charge in [-0.3, -0.25) is 9.59 Å². The van der Waals surface area contributed by atoms with Crippen molar-refractivity contribution in [2.24, 2.45) is 11.8 Å². The second-order valence-corrected chi connectivity index (χ2v) is 7.91. The van der Waals surface area contributed by atoms with Crippen molar-refractivity contribution in [1.82, 2.24) is 4.90 Å². The summed E-state index contributed by atoms with van der Waals surface area (Å²) in [5.74, 6) is -1.78. The van der Waals surface area contributed by atoms with Crippen molar-refractivity contribution in [2.45, 2.75) is 12.1 Å². The van der Waals surface area contributed by atoms with E-state index in [0.29, 0.717) is 17.2 Å². The third-order valence-electron chi connectivity index (χ3n) is 6.52. The summed E-state index contributed by atoms with van der Waals surface area (Å²) < 4.78 is 15.8. The molecule has 2 amide bonds. The van der Waals surface area contributed by atoms with Crippen molar-refractivity contribution in [3.05, 3.63) is 59.8 Å². The molecule has 8 heteroatoms. The van der Waals surface area contributed by atoms with Crippen LogP contribution in [0.2, 0.25) is 0 Å². The van der Waals surface area contributed by atoms with Crippen LogP contribution in [0.25, 0.3) is 6.08 Å². The minimum atomic E-state index is -0.875. The van der Waals surface area contributed by atoms with Gasteiger partial charge >= 0.3 is 5.97 Å². The quantitative estimate of drug-likeness (QED) is 0.545. The summed E-state index contributed by atoms with van der Waals surface area (Å²) in [5, 5.41) is 0. The highest BCUT2D eigenvalue weighted by Gasteiger charge is 2.65. The van der Waals surface area contributed by atoms with Crippen molar-refractivity contribution in [3.63, 3.8) is 0 Å². The Morgan fingerprint density at radius 3 is 2.65 bits per heavy atom. The van der Waals surface area contributed by atoms with Gasteiger partial charge in [-0.05, 0) is 29.3 Å². The smallest absolute Gasteiger partial charge is 0.329 e. The molecule has 4 heterocycles. The van der Waals surface area contributed by atoms with Gasteiger partial charge in [0.25, 0.3) is 0 Å². The Balaban J connectivity index is 1.47.